The minimum absolute atomic E-state index is 0. The number of nitrogens with two attached hydrogens (primary N) is 1. The van der Waals surface area contributed by atoms with Crippen molar-refractivity contribution in [3.63, 3.8) is 0 Å². The second-order valence-corrected chi connectivity index (χ2v) is 2.29. The van der Waals surface area contributed by atoms with E-state index in [-0.39, 0.29) is 18.0 Å². The second-order valence-electron chi connectivity index (χ2n) is 2.29. The van der Waals surface area contributed by atoms with Gasteiger partial charge < -0.3 is 0 Å². The lowest BCUT2D eigenvalue weighted by Gasteiger charge is -2.13. The van der Waals surface area contributed by atoms with Gasteiger partial charge in [-0.3, -0.25) is 0 Å². The van der Waals surface area contributed by atoms with Gasteiger partial charge in [-0.15, -0.1) is 17.4 Å². The lowest BCUT2D eigenvalue weighted by molar-refractivity contribution is -0.353. The molecule has 0 rings (SSSR count). The fourth-order valence-corrected chi connectivity index (χ4v) is 0.144. The van der Waals surface area contributed by atoms with E-state index in [1.54, 1.807) is 0 Å². The lowest BCUT2D eigenvalue weighted by Crippen LogP contribution is -2.21. The minimum Gasteiger partial charge on any atom is -0.213 e. The topological polar surface area (TPSA) is 44.5 Å². The molecular weight excluding hydrogens is 130 g/mol. The summed E-state index contributed by atoms with van der Waals surface area (Å²) < 4.78 is 0. The highest BCUT2D eigenvalue weighted by molar-refractivity contribution is 5.85. The molecule has 2 N–H and O–H groups in total. The van der Waals surface area contributed by atoms with Crippen molar-refractivity contribution in [2.24, 2.45) is 5.90 Å². The van der Waals surface area contributed by atoms with Crippen LogP contribution in [0.4, 0.5) is 0 Å². The van der Waals surface area contributed by atoms with Crippen LogP contribution < -0.4 is 5.90 Å². The van der Waals surface area contributed by atoms with Gasteiger partial charge in [0.2, 0.25) is 0 Å². The molecule has 0 saturated heterocycles. The van der Waals surface area contributed by atoms with Gasteiger partial charge in [0.05, 0.1) is 5.60 Å². The highest BCUT2D eigenvalue weighted by atomic mass is 35.5. The Morgan fingerprint density at radius 2 is 1.62 bits per heavy atom. The maximum atomic E-state index is 4.59. The van der Waals surface area contributed by atoms with Crippen LogP contribution in [0.3, 0.4) is 0 Å². The number of halogens is 1. The molecule has 0 fully saturated rings. The van der Waals surface area contributed by atoms with Crippen LogP contribution in [0.1, 0.15) is 20.8 Å². The summed E-state index contributed by atoms with van der Waals surface area (Å²) in [6.07, 6.45) is 0. The lowest BCUT2D eigenvalue weighted by atomic mass is 10.2. The van der Waals surface area contributed by atoms with Gasteiger partial charge in [0, 0.05) is 0 Å². The van der Waals surface area contributed by atoms with E-state index in [4.69, 9.17) is 0 Å². The van der Waals surface area contributed by atoms with Gasteiger partial charge in [-0.05, 0) is 20.8 Å². The minimum atomic E-state index is -0.297. The smallest absolute Gasteiger partial charge is 0.0971 e. The molecule has 0 atom stereocenters. The van der Waals surface area contributed by atoms with Gasteiger partial charge in [0.25, 0.3) is 0 Å². The Balaban J connectivity index is 0. The fourth-order valence-electron chi connectivity index (χ4n) is 0.144. The van der Waals surface area contributed by atoms with Crippen molar-refractivity contribution in [3.8, 4) is 0 Å². The molecule has 3 nitrogen and oxygen atoms in total. The average Bonchev–Trinajstić information content (AvgIpc) is 1.30. The summed E-state index contributed by atoms with van der Waals surface area (Å²) in [5.41, 5.74) is -0.297. The number of hydrogen-bond donors (Lipinski definition) is 1. The van der Waals surface area contributed by atoms with E-state index >= 15 is 0 Å². The zero-order valence-electron chi connectivity index (χ0n) is 5.30. The fraction of sp³-hybridized carbons (Fsp3) is 1.00. The second kappa shape index (κ2) is 4.09. The normalized spacial score (nSPS) is 10.5. The first-order chi connectivity index (χ1) is 3.06. The van der Waals surface area contributed by atoms with Crippen molar-refractivity contribution in [3.05, 3.63) is 0 Å². The molecule has 0 aliphatic carbocycles. The summed E-state index contributed by atoms with van der Waals surface area (Å²) in [4.78, 5) is 8.41. The Morgan fingerprint density at radius 1 is 1.25 bits per heavy atom. The molecule has 0 bridgehead atoms. The maximum absolute atomic E-state index is 4.59. The van der Waals surface area contributed by atoms with Gasteiger partial charge >= 0.3 is 0 Å². The van der Waals surface area contributed by atoms with E-state index in [1.165, 1.54) is 0 Å². The van der Waals surface area contributed by atoms with Gasteiger partial charge in [-0.25, -0.2) is 4.89 Å². The Bertz CT molecular complexity index is 52.5. The van der Waals surface area contributed by atoms with Gasteiger partial charge in [-0.2, -0.15) is 5.90 Å². The quantitative estimate of drug-likeness (QED) is 0.438. The van der Waals surface area contributed by atoms with Crippen LogP contribution in [-0.2, 0) is 9.88 Å². The van der Waals surface area contributed by atoms with Crippen LogP contribution in [0.5, 0.6) is 0 Å². The molecule has 0 aromatic rings. The third-order valence-electron chi connectivity index (χ3n) is 0.298. The molecule has 0 spiro atoms. The highest BCUT2D eigenvalue weighted by Crippen LogP contribution is 2.04. The van der Waals surface area contributed by atoms with E-state index in [2.05, 4.69) is 15.8 Å². The van der Waals surface area contributed by atoms with Gasteiger partial charge in [0.1, 0.15) is 0 Å². The Morgan fingerprint density at radius 3 is 1.62 bits per heavy atom. The van der Waals surface area contributed by atoms with Gasteiger partial charge in [-0.1, -0.05) is 0 Å². The van der Waals surface area contributed by atoms with E-state index in [0.717, 1.165) is 0 Å². The van der Waals surface area contributed by atoms with Crippen molar-refractivity contribution in [1.82, 2.24) is 0 Å². The molecule has 0 aromatic heterocycles. The molecule has 52 valence electrons. The SMILES string of the molecule is CC(C)(C)OON.Cl. The molecule has 8 heavy (non-hydrogen) atoms. The zero-order valence-corrected chi connectivity index (χ0v) is 6.12. The molecule has 4 heteroatoms. The predicted octanol–water partition coefficient (Wildman–Crippen LogP) is 1.03. The maximum Gasteiger partial charge on any atom is 0.0971 e. The zero-order chi connectivity index (χ0) is 5.91. The first-order valence-electron chi connectivity index (χ1n) is 2.11. The van der Waals surface area contributed by atoms with Crippen LogP contribution in [0.2, 0.25) is 0 Å². The largest absolute Gasteiger partial charge is 0.213 e. The van der Waals surface area contributed by atoms with Crippen molar-refractivity contribution < 1.29 is 9.88 Å². The Kier molecular flexibility index (Phi) is 5.64. The van der Waals surface area contributed by atoms with Crippen molar-refractivity contribution in [2.45, 2.75) is 26.4 Å². The molecular formula is C4H12ClNO2. The molecule has 0 saturated carbocycles. The van der Waals surface area contributed by atoms with Crippen molar-refractivity contribution in [1.29, 1.82) is 0 Å². The van der Waals surface area contributed by atoms with E-state index in [9.17, 15) is 0 Å². The van der Waals surface area contributed by atoms with E-state index in [0.29, 0.717) is 0 Å². The molecule has 0 amide bonds. The molecule has 0 heterocycles. The van der Waals surface area contributed by atoms with Crippen LogP contribution in [0.25, 0.3) is 0 Å². The third kappa shape index (κ3) is 9.48. The van der Waals surface area contributed by atoms with Crippen molar-refractivity contribution >= 4 is 12.4 Å². The molecule has 0 unspecified atom stereocenters. The van der Waals surface area contributed by atoms with E-state index in [1.807, 2.05) is 20.8 Å². The average molecular weight is 142 g/mol. The standard InChI is InChI=1S/C4H11NO2.ClH/c1-4(2,3)6-7-5;/h5H2,1-3H3;1H. The van der Waals surface area contributed by atoms with Crippen molar-refractivity contribution in [2.75, 3.05) is 0 Å². The van der Waals surface area contributed by atoms with Crippen LogP contribution in [-0.4, -0.2) is 5.60 Å². The van der Waals surface area contributed by atoms with Crippen LogP contribution in [0.15, 0.2) is 0 Å². The summed E-state index contributed by atoms with van der Waals surface area (Å²) >= 11 is 0. The molecule has 0 aliphatic rings. The first kappa shape index (κ1) is 11.0. The first-order valence-corrected chi connectivity index (χ1v) is 2.11. The third-order valence-corrected chi connectivity index (χ3v) is 0.298. The molecule has 0 aliphatic heterocycles. The number of hydrogen-bond acceptors (Lipinski definition) is 3. The summed E-state index contributed by atoms with van der Waals surface area (Å²) in [6, 6.07) is 0. The summed E-state index contributed by atoms with van der Waals surface area (Å²) in [5, 5.41) is 0. The van der Waals surface area contributed by atoms with E-state index < -0.39 is 0 Å². The molecule has 0 radical (unpaired) electrons. The van der Waals surface area contributed by atoms with Crippen LogP contribution >= 0.6 is 12.4 Å². The Labute approximate surface area is 55.4 Å². The summed E-state index contributed by atoms with van der Waals surface area (Å²) in [7, 11) is 0. The highest BCUT2D eigenvalue weighted by Gasteiger charge is 2.09. The van der Waals surface area contributed by atoms with Crippen LogP contribution in [0, 0.1) is 0 Å². The summed E-state index contributed by atoms with van der Waals surface area (Å²) in [5.74, 6) is 4.59. The Hall–Kier alpha value is 0.170. The molecule has 0 aromatic carbocycles. The monoisotopic (exact) mass is 141 g/mol. The number of rotatable bonds is 1. The van der Waals surface area contributed by atoms with Gasteiger partial charge in [0.15, 0.2) is 0 Å². The predicted molar refractivity (Wildman–Crippen MR) is 33.4 cm³/mol. The summed E-state index contributed by atoms with van der Waals surface area (Å²) in [6.45, 7) is 5.54.